The van der Waals surface area contributed by atoms with Crippen molar-refractivity contribution in [2.75, 3.05) is 6.54 Å². The lowest BCUT2D eigenvalue weighted by atomic mass is 10.2. The molecule has 1 amide bonds. The number of nitrogens with zero attached hydrogens (tertiary/aromatic N) is 3. The maximum absolute atomic E-state index is 12.2. The van der Waals surface area contributed by atoms with E-state index in [1.54, 1.807) is 43.7 Å². The van der Waals surface area contributed by atoms with Crippen molar-refractivity contribution in [3.05, 3.63) is 29.7 Å². The van der Waals surface area contributed by atoms with Gasteiger partial charge in [-0.1, -0.05) is 0 Å². The second-order valence-electron chi connectivity index (χ2n) is 4.89. The van der Waals surface area contributed by atoms with Gasteiger partial charge in [-0.3, -0.25) is 9.59 Å². The van der Waals surface area contributed by atoms with Crippen LogP contribution in [0, 0.1) is 6.92 Å². The van der Waals surface area contributed by atoms with E-state index in [2.05, 4.69) is 15.4 Å². The van der Waals surface area contributed by atoms with E-state index >= 15 is 0 Å². The molecule has 0 saturated heterocycles. The maximum atomic E-state index is 12.2. The lowest BCUT2D eigenvalue weighted by molar-refractivity contribution is -0.147. The fourth-order valence-electron chi connectivity index (χ4n) is 1.95. The SMILES string of the molecule is Cc1nn2cccnc2c1C(=O)NCCC(=O)OC(C)C. The Hall–Kier alpha value is -2.44. The summed E-state index contributed by atoms with van der Waals surface area (Å²) in [6.45, 7) is 5.53. The highest BCUT2D eigenvalue weighted by Crippen LogP contribution is 2.12. The monoisotopic (exact) mass is 290 g/mol. The fraction of sp³-hybridized carbons (Fsp3) is 0.429. The summed E-state index contributed by atoms with van der Waals surface area (Å²) >= 11 is 0. The van der Waals surface area contributed by atoms with Crippen LogP contribution in [0.3, 0.4) is 0 Å². The molecule has 0 fully saturated rings. The van der Waals surface area contributed by atoms with Crippen LogP contribution in [0.1, 0.15) is 36.3 Å². The first-order valence-electron chi connectivity index (χ1n) is 6.76. The molecule has 0 unspecified atom stereocenters. The van der Waals surface area contributed by atoms with Crippen LogP contribution in [0.2, 0.25) is 0 Å². The molecule has 0 aliphatic rings. The number of aromatic nitrogens is 3. The highest BCUT2D eigenvalue weighted by atomic mass is 16.5. The van der Waals surface area contributed by atoms with Gasteiger partial charge in [0.15, 0.2) is 5.65 Å². The van der Waals surface area contributed by atoms with E-state index in [4.69, 9.17) is 4.74 Å². The molecule has 0 aliphatic heterocycles. The molecule has 7 nitrogen and oxygen atoms in total. The van der Waals surface area contributed by atoms with Crippen molar-refractivity contribution < 1.29 is 14.3 Å². The molecule has 7 heteroatoms. The third-order valence-corrected chi connectivity index (χ3v) is 2.78. The van der Waals surface area contributed by atoms with E-state index in [1.807, 2.05) is 0 Å². The molecule has 1 N–H and O–H groups in total. The molecule has 0 atom stereocenters. The van der Waals surface area contributed by atoms with E-state index in [9.17, 15) is 9.59 Å². The molecular weight excluding hydrogens is 272 g/mol. The smallest absolute Gasteiger partial charge is 0.307 e. The first kappa shape index (κ1) is 15.0. The summed E-state index contributed by atoms with van der Waals surface area (Å²) in [5.74, 6) is -0.626. The number of aryl methyl sites for hydroxylation is 1. The summed E-state index contributed by atoms with van der Waals surface area (Å²) in [5.41, 5.74) is 1.51. The molecule has 2 rings (SSSR count). The van der Waals surface area contributed by atoms with Crippen LogP contribution in [0.25, 0.3) is 5.65 Å². The largest absolute Gasteiger partial charge is 0.463 e. The number of esters is 1. The summed E-state index contributed by atoms with van der Waals surface area (Å²) in [5, 5.41) is 6.91. The van der Waals surface area contributed by atoms with Crippen LogP contribution in [0.15, 0.2) is 18.5 Å². The summed E-state index contributed by atoms with van der Waals surface area (Å²) in [6, 6.07) is 1.74. The van der Waals surface area contributed by atoms with Gasteiger partial charge in [0, 0.05) is 18.9 Å². The van der Waals surface area contributed by atoms with E-state index in [1.165, 1.54) is 0 Å². The maximum Gasteiger partial charge on any atom is 0.307 e. The Morgan fingerprint density at radius 3 is 2.90 bits per heavy atom. The van der Waals surface area contributed by atoms with Crippen molar-refractivity contribution in [2.24, 2.45) is 0 Å². The number of nitrogens with one attached hydrogen (secondary N) is 1. The minimum Gasteiger partial charge on any atom is -0.463 e. The van der Waals surface area contributed by atoms with Crippen molar-refractivity contribution >= 4 is 17.5 Å². The number of ether oxygens (including phenoxy) is 1. The van der Waals surface area contributed by atoms with Gasteiger partial charge < -0.3 is 10.1 Å². The van der Waals surface area contributed by atoms with Gasteiger partial charge in [-0.15, -0.1) is 0 Å². The number of amides is 1. The molecule has 0 radical (unpaired) electrons. The Bertz CT molecular complexity index is 663. The highest BCUT2D eigenvalue weighted by molar-refractivity contribution is 6.01. The van der Waals surface area contributed by atoms with E-state index in [0.717, 1.165) is 0 Å². The zero-order valence-electron chi connectivity index (χ0n) is 12.3. The second kappa shape index (κ2) is 6.34. The van der Waals surface area contributed by atoms with Crippen LogP contribution in [-0.2, 0) is 9.53 Å². The molecule has 2 aromatic heterocycles. The summed E-state index contributed by atoms with van der Waals surface area (Å²) < 4.78 is 6.55. The first-order chi connectivity index (χ1) is 9.99. The Balaban J connectivity index is 2.00. The van der Waals surface area contributed by atoms with Gasteiger partial charge in [0.05, 0.1) is 18.2 Å². The zero-order chi connectivity index (χ0) is 15.4. The topological polar surface area (TPSA) is 85.6 Å². The van der Waals surface area contributed by atoms with Gasteiger partial charge in [-0.25, -0.2) is 9.50 Å². The highest BCUT2D eigenvalue weighted by Gasteiger charge is 2.18. The first-order valence-corrected chi connectivity index (χ1v) is 6.76. The third-order valence-electron chi connectivity index (χ3n) is 2.78. The predicted molar refractivity (Wildman–Crippen MR) is 75.9 cm³/mol. The molecule has 2 aromatic rings. The van der Waals surface area contributed by atoms with E-state index < -0.39 is 0 Å². The number of hydrogen-bond acceptors (Lipinski definition) is 5. The lowest BCUT2D eigenvalue weighted by Gasteiger charge is -2.08. The average Bonchev–Trinajstić information content (AvgIpc) is 2.73. The van der Waals surface area contributed by atoms with Gasteiger partial charge in [0.2, 0.25) is 0 Å². The standard InChI is InChI=1S/C14H18N4O3/c1-9(2)21-11(19)5-7-16-14(20)12-10(3)17-18-8-4-6-15-13(12)18/h4,6,8-9H,5,7H2,1-3H3,(H,16,20). The molecule has 0 spiro atoms. The van der Waals surface area contributed by atoms with Crippen LogP contribution in [0.5, 0.6) is 0 Å². The molecule has 0 aromatic carbocycles. The minimum atomic E-state index is -0.333. The number of fused-ring (bicyclic) bond motifs is 1. The van der Waals surface area contributed by atoms with E-state index in [-0.39, 0.29) is 30.9 Å². The summed E-state index contributed by atoms with van der Waals surface area (Å²) in [7, 11) is 0. The second-order valence-corrected chi connectivity index (χ2v) is 4.89. The predicted octanol–water partition coefficient (Wildman–Crippen LogP) is 1.11. The van der Waals surface area contributed by atoms with Crippen molar-refractivity contribution in [3.8, 4) is 0 Å². The number of carbonyl (C=O) groups excluding carboxylic acids is 2. The van der Waals surface area contributed by atoms with Gasteiger partial charge in [-0.05, 0) is 26.8 Å². The number of rotatable bonds is 5. The number of carbonyl (C=O) groups is 2. The van der Waals surface area contributed by atoms with Crippen molar-refractivity contribution in [2.45, 2.75) is 33.3 Å². The molecule has 21 heavy (non-hydrogen) atoms. The summed E-state index contributed by atoms with van der Waals surface area (Å²) in [4.78, 5) is 27.7. The molecule has 0 saturated carbocycles. The third kappa shape index (κ3) is 3.56. The molecule has 0 aliphatic carbocycles. The average molecular weight is 290 g/mol. The van der Waals surface area contributed by atoms with Crippen LogP contribution in [-0.4, -0.2) is 39.1 Å². The Morgan fingerprint density at radius 2 is 2.19 bits per heavy atom. The van der Waals surface area contributed by atoms with Crippen LogP contribution < -0.4 is 5.32 Å². The van der Waals surface area contributed by atoms with Gasteiger partial charge in [0.25, 0.3) is 5.91 Å². The Labute approximate surface area is 122 Å². The van der Waals surface area contributed by atoms with Crippen molar-refractivity contribution in [3.63, 3.8) is 0 Å². The van der Waals surface area contributed by atoms with Crippen LogP contribution in [0.4, 0.5) is 0 Å². The molecule has 2 heterocycles. The Morgan fingerprint density at radius 1 is 1.43 bits per heavy atom. The number of hydrogen-bond donors (Lipinski definition) is 1. The van der Waals surface area contributed by atoms with Gasteiger partial charge in [-0.2, -0.15) is 5.10 Å². The lowest BCUT2D eigenvalue weighted by Crippen LogP contribution is -2.27. The fourth-order valence-corrected chi connectivity index (χ4v) is 1.95. The quantitative estimate of drug-likeness (QED) is 0.834. The van der Waals surface area contributed by atoms with Gasteiger partial charge >= 0.3 is 5.97 Å². The molecule has 0 bridgehead atoms. The molecular formula is C14H18N4O3. The molecule has 112 valence electrons. The Kier molecular flexibility index (Phi) is 4.52. The van der Waals surface area contributed by atoms with Crippen molar-refractivity contribution in [1.82, 2.24) is 19.9 Å². The van der Waals surface area contributed by atoms with Crippen molar-refractivity contribution in [1.29, 1.82) is 0 Å². The van der Waals surface area contributed by atoms with Gasteiger partial charge in [0.1, 0.15) is 5.56 Å². The summed E-state index contributed by atoms with van der Waals surface area (Å²) in [6.07, 6.45) is 3.31. The van der Waals surface area contributed by atoms with E-state index in [0.29, 0.717) is 16.9 Å². The normalized spacial score (nSPS) is 10.9. The zero-order valence-corrected chi connectivity index (χ0v) is 12.3. The minimum absolute atomic E-state index is 0.135. The van der Waals surface area contributed by atoms with Crippen LogP contribution >= 0.6 is 0 Å².